The van der Waals surface area contributed by atoms with E-state index in [0.717, 1.165) is 43.9 Å². The van der Waals surface area contributed by atoms with Crippen LogP contribution in [-0.4, -0.2) is 57.9 Å². The lowest BCUT2D eigenvalue weighted by atomic mass is 10.0. The maximum absolute atomic E-state index is 13.4. The number of benzene rings is 1. The molecule has 0 bridgehead atoms. The molecule has 0 atom stereocenters. The Morgan fingerprint density at radius 1 is 1.03 bits per heavy atom. The van der Waals surface area contributed by atoms with Gasteiger partial charge < -0.3 is 15.1 Å². The van der Waals surface area contributed by atoms with Gasteiger partial charge in [0.05, 0.1) is 18.1 Å². The molecule has 0 unspecified atom stereocenters. The van der Waals surface area contributed by atoms with Crippen molar-refractivity contribution >= 4 is 17.6 Å². The SMILES string of the molecule is CN(C(=O)Nc1cnc(-c2cc(F)cc(F)c2)nc1)C1CCN(C(=O)C2CC2)CC1. The third-order valence-electron chi connectivity index (χ3n) is 5.59. The number of nitrogens with one attached hydrogen (secondary N) is 1. The summed E-state index contributed by atoms with van der Waals surface area (Å²) in [7, 11) is 1.73. The third-order valence-corrected chi connectivity index (χ3v) is 5.59. The van der Waals surface area contributed by atoms with Crippen LogP contribution in [0.5, 0.6) is 0 Å². The predicted molar refractivity (Wildman–Crippen MR) is 106 cm³/mol. The van der Waals surface area contributed by atoms with Gasteiger partial charge in [-0.05, 0) is 37.8 Å². The number of hydrogen-bond acceptors (Lipinski definition) is 4. The number of likely N-dealkylation sites (tertiary alicyclic amines) is 1. The quantitative estimate of drug-likeness (QED) is 0.831. The van der Waals surface area contributed by atoms with Crippen LogP contribution in [0.15, 0.2) is 30.6 Å². The summed E-state index contributed by atoms with van der Waals surface area (Å²) in [6, 6.07) is 2.81. The lowest BCUT2D eigenvalue weighted by Gasteiger charge is -2.36. The molecule has 1 N–H and O–H groups in total. The smallest absolute Gasteiger partial charge is 0.321 e. The Bertz CT molecular complexity index is 921. The van der Waals surface area contributed by atoms with Gasteiger partial charge in [-0.2, -0.15) is 0 Å². The van der Waals surface area contributed by atoms with Crippen molar-refractivity contribution in [1.29, 1.82) is 0 Å². The number of halogens is 2. The van der Waals surface area contributed by atoms with E-state index in [-0.39, 0.29) is 35.3 Å². The minimum absolute atomic E-state index is 0.0451. The van der Waals surface area contributed by atoms with Crippen molar-refractivity contribution in [3.8, 4) is 11.4 Å². The third kappa shape index (κ3) is 4.55. The molecule has 1 saturated heterocycles. The largest absolute Gasteiger partial charge is 0.342 e. The van der Waals surface area contributed by atoms with E-state index in [1.54, 1.807) is 11.9 Å². The standard InChI is InChI=1S/C21H23F2N5O2/c1-27(18-4-6-28(7-5-18)20(29)13-2-3-13)21(30)26-17-11-24-19(25-12-17)14-8-15(22)10-16(23)9-14/h8-13,18H,2-7H2,1H3,(H,26,30). The van der Waals surface area contributed by atoms with E-state index in [9.17, 15) is 18.4 Å². The van der Waals surface area contributed by atoms with Gasteiger partial charge in [0.15, 0.2) is 5.82 Å². The van der Waals surface area contributed by atoms with Crippen LogP contribution >= 0.6 is 0 Å². The number of nitrogens with zero attached hydrogens (tertiary/aromatic N) is 4. The van der Waals surface area contributed by atoms with Crippen molar-refractivity contribution in [1.82, 2.24) is 19.8 Å². The van der Waals surface area contributed by atoms with Gasteiger partial charge in [0.25, 0.3) is 0 Å². The molecule has 1 aromatic carbocycles. The second kappa shape index (κ2) is 8.33. The van der Waals surface area contributed by atoms with E-state index in [2.05, 4.69) is 15.3 Å². The average Bonchev–Trinajstić information content (AvgIpc) is 3.58. The van der Waals surface area contributed by atoms with E-state index in [1.165, 1.54) is 12.4 Å². The van der Waals surface area contributed by atoms with E-state index in [0.29, 0.717) is 18.8 Å². The summed E-state index contributed by atoms with van der Waals surface area (Å²) in [5, 5.41) is 2.74. The van der Waals surface area contributed by atoms with Crippen molar-refractivity contribution in [2.45, 2.75) is 31.7 Å². The highest BCUT2D eigenvalue weighted by atomic mass is 19.1. The zero-order chi connectivity index (χ0) is 21.3. The van der Waals surface area contributed by atoms with Crippen molar-refractivity contribution < 1.29 is 18.4 Å². The molecule has 2 aromatic rings. The molecule has 0 spiro atoms. The first-order valence-corrected chi connectivity index (χ1v) is 10.0. The first kappa shape index (κ1) is 20.2. The fourth-order valence-electron chi connectivity index (χ4n) is 3.66. The van der Waals surface area contributed by atoms with Crippen molar-refractivity contribution in [2.75, 3.05) is 25.5 Å². The fraction of sp³-hybridized carbons (Fsp3) is 0.429. The van der Waals surface area contributed by atoms with E-state index < -0.39 is 11.6 Å². The first-order chi connectivity index (χ1) is 14.4. The first-order valence-electron chi connectivity index (χ1n) is 10.0. The molecule has 1 saturated carbocycles. The number of piperidine rings is 1. The Hall–Kier alpha value is -3.10. The molecule has 30 heavy (non-hydrogen) atoms. The number of rotatable bonds is 4. The Balaban J connectivity index is 1.32. The number of aromatic nitrogens is 2. The summed E-state index contributed by atoms with van der Waals surface area (Å²) in [6.45, 7) is 1.33. The van der Waals surface area contributed by atoms with Crippen LogP contribution in [0.1, 0.15) is 25.7 Å². The highest BCUT2D eigenvalue weighted by Crippen LogP contribution is 2.32. The molecule has 1 aromatic heterocycles. The summed E-state index contributed by atoms with van der Waals surface area (Å²) < 4.78 is 26.7. The molecule has 7 nitrogen and oxygen atoms in total. The van der Waals surface area contributed by atoms with E-state index in [1.807, 2.05) is 4.90 Å². The molecule has 2 aliphatic rings. The fourth-order valence-corrected chi connectivity index (χ4v) is 3.66. The van der Waals surface area contributed by atoms with Gasteiger partial charge in [-0.3, -0.25) is 4.79 Å². The van der Waals surface area contributed by atoms with Crippen LogP contribution in [0.25, 0.3) is 11.4 Å². The molecule has 2 heterocycles. The van der Waals surface area contributed by atoms with Gasteiger partial charge in [-0.15, -0.1) is 0 Å². The monoisotopic (exact) mass is 415 g/mol. The van der Waals surface area contributed by atoms with Crippen LogP contribution < -0.4 is 5.32 Å². The predicted octanol–water partition coefficient (Wildman–Crippen LogP) is 3.29. The van der Waals surface area contributed by atoms with E-state index >= 15 is 0 Å². The lowest BCUT2D eigenvalue weighted by molar-refractivity contribution is -0.133. The Labute approximate surface area is 173 Å². The van der Waals surface area contributed by atoms with Gasteiger partial charge in [0, 0.05) is 43.7 Å². The van der Waals surface area contributed by atoms with Crippen LogP contribution in [0.3, 0.4) is 0 Å². The van der Waals surface area contributed by atoms with Crippen molar-refractivity contribution in [3.05, 3.63) is 42.2 Å². The summed E-state index contributed by atoms with van der Waals surface area (Å²) in [5.74, 6) is -0.798. The molecule has 1 aliphatic carbocycles. The molecule has 2 fully saturated rings. The van der Waals surface area contributed by atoms with Gasteiger partial charge in [-0.25, -0.2) is 23.5 Å². The average molecular weight is 415 g/mol. The summed E-state index contributed by atoms with van der Waals surface area (Å²) in [6.07, 6.45) is 6.26. The summed E-state index contributed by atoms with van der Waals surface area (Å²) >= 11 is 0. The second-order valence-corrected chi connectivity index (χ2v) is 7.83. The van der Waals surface area contributed by atoms with Crippen molar-refractivity contribution in [3.63, 3.8) is 0 Å². The number of amides is 3. The minimum Gasteiger partial charge on any atom is -0.342 e. The molecule has 158 valence electrons. The lowest BCUT2D eigenvalue weighted by Crippen LogP contribution is -2.48. The molecular weight excluding hydrogens is 392 g/mol. The zero-order valence-corrected chi connectivity index (χ0v) is 16.6. The topological polar surface area (TPSA) is 78.4 Å². The molecule has 0 radical (unpaired) electrons. The Kier molecular flexibility index (Phi) is 5.61. The highest BCUT2D eigenvalue weighted by molar-refractivity contribution is 5.89. The normalized spacial score (nSPS) is 17.0. The second-order valence-electron chi connectivity index (χ2n) is 7.83. The van der Waals surface area contributed by atoms with Crippen LogP contribution in [0.2, 0.25) is 0 Å². The zero-order valence-electron chi connectivity index (χ0n) is 16.6. The number of anilines is 1. The van der Waals surface area contributed by atoms with Gasteiger partial charge in [0.1, 0.15) is 11.6 Å². The Morgan fingerprint density at radius 2 is 1.63 bits per heavy atom. The van der Waals surface area contributed by atoms with Gasteiger partial charge >= 0.3 is 6.03 Å². The summed E-state index contributed by atoms with van der Waals surface area (Å²) in [4.78, 5) is 36.4. The van der Waals surface area contributed by atoms with Gasteiger partial charge in [0.2, 0.25) is 5.91 Å². The number of carbonyl (C=O) groups is 2. The Morgan fingerprint density at radius 3 is 2.20 bits per heavy atom. The van der Waals surface area contributed by atoms with Crippen LogP contribution in [0.4, 0.5) is 19.3 Å². The van der Waals surface area contributed by atoms with Gasteiger partial charge in [-0.1, -0.05) is 0 Å². The molecule has 1 aliphatic heterocycles. The maximum Gasteiger partial charge on any atom is 0.321 e. The highest BCUT2D eigenvalue weighted by Gasteiger charge is 2.35. The van der Waals surface area contributed by atoms with Crippen LogP contribution in [-0.2, 0) is 4.79 Å². The minimum atomic E-state index is -0.711. The number of urea groups is 1. The number of carbonyl (C=O) groups excluding carboxylic acids is 2. The molecular formula is C21H23F2N5O2. The maximum atomic E-state index is 13.4. The number of hydrogen-bond donors (Lipinski definition) is 1. The molecule has 4 rings (SSSR count). The van der Waals surface area contributed by atoms with Crippen LogP contribution in [0, 0.1) is 17.6 Å². The molecule has 9 heteroatoms. The molecule has 3 amide bonds. The van der Waals surface area contributed by atoms with E-state index in [4.69, 9.17) is 0 Å². The van der Waals surface area contributed by atoms with Crippen molar-refractivity contribution in [2.24, 2.45) is 5.92 Å². The summed E-state index contributed by atoms with van der Waals surface area (Å²) in [5.41, 5.74) is 0.601.